The molecule has 0 atom stereocenters. The normalized spacial score (nSPS) is 10.5. The topological polar surface area (TPSA) is 72.6 Å². The Labute approximate surface area is 108 Å². The maximum Gasteiger partial charge on any atom is 0.311 e. The first kappa shape index (κ1) is 13.1. The van der Waals surface area contributed by atoms with Crippen molar-refractivity contribution < 1.29 is 23.4 Å². The molecule has 1 heterocycles. The Balaban J connectivity index is 2.57. The largest absolute Gasteiger partial charge is 0.496 e. The second-order valence-corrected chi connectivity index (χ2v) is 3.92. The Kier molecular flexibility index (Phi) is 3.50. The van der Waals surface area contributed by atoms with Crippen LogP contribution in [-0.2, 0) is 11.2 Å². The number of carboxylic acids is 1. The van der Waals surface area contributed by atoms with Gasteiger partial charge in [0.2, 0.25) is 0 Å². The van der Waals surface area contributed by atoms with Crippen molar-refractivity contribution in [2.45, 2.75) is 13.3 Å². The van der Waals surface area contributed by atoms with E-state index in [0.717, 1.165) is 0 Å². The smallest absolute Gasteiger partial charge is 0.311 e. The van der Waals surface area contributed by atoms with E-state index in [2.05, 4.69) is 4.98 Å². The van der Waals surface area contributed by atoms with Crippen LogP contribution < -0.4 is 4.74 Å². The zero-order valence-electron chi connectivity index (χ0n) is 10.4. The molecule has 0 saturated carbocycles. The summed E-state index contributed by atoms with van der Waals surface area (Å²) >= 11 is 0. The van der Waals surface area contributed by atoms with Crippen LogP contribution >= 0.6 is 0 Å². The van der Waals surface area contributed by atoms with Crippen LogP contribution in [0.3, 0.4) is 0 Å². The van der Waals surface area contributed by atoms with Crippen LogP contribution in [0.2, 0.25) is 0 Å². The molecule has 0 bridgehead atoms. The minimum absolute atomic E-state index is 0.175. The lowest BCUT2D eigenvalue weighted by molar-refractivity contribution is -0.136. The van der Waals surface area contributed by atoms with Gasteiger partial charge in [-0.1, -0.05) is 0 Å². The number of oxazole rings is 1. The number of aryl methyl sites for hydroxylation is 1. The summed E-state index contributed by atoms with van der Waals surface area (Å²) in [4.78, 5) is 14.9. The van der Waals surface area contributed by atoms with Crippen molar-refractivity contribution in [1.82, 2.24) is 4.98 Å². The summed E-state index contributed by atoms with van der Waals surface area (Å²) in [7, 11) is 1.44. The maximum atomic E-state index is 13.3. The lowest BCUT2D eigenvalue weighted by atomic mass is 10.1. The predicted octanol–water partition coefficient (Wildman–Crippen LogP) is 2.42. The Morgan fingerprint density at radius 1 is 1.53 bits per heavy atom. The number of hydrogen-bond donors (Lipinski definition) is 1. The molecule has 0 amide bonds. The van der Waals surface area contributed by atoms with Gasteiger partial charge in [0.05, 0.1) is 7.11 Å². The van der Waals surface area contributed by atoms with Crippen LogP contribution in [0.25, 0.3) is 11.3 Å². The van der Waals surface area contributed by atoms with Gasteiger partial charge in [0, 0.05) is 12.5 Å². The number of halogens is 1. The van der Waals surface area contributed by atoms with Gasteiger partial charge in [-0.25, -0.2) is 9.37 Å². The van der Waals surface area contributed by atoms with Crippen molar-refractivity contribution in [3.8, 4) is 17.0 Å². The van der Waals surface area contributed by atoms with Gasteiger partial charge < -0.3 is 14.3 Å². The van der Waals surface area contributed by atoms with Crippen molar-refractivity contribution in [1.29, 1.82) is 0 Å². The molecule has 1 N–H and O–H groups in total. The van der Waals surface area contributed by atoms with Gasteiger partial charge in [-0.05, 0) is 18.2 Å². The Hall–Kier alpha value is -2.37. The molecular weight excluding hydrogens is 253 g/mol. The third-order valence-electron chi connectivity index (χ3n) is 2.53. The van der Waals surface area contributed by atoms with Crippen LogP contribution in [0.4, 0.5) is 4.39 Å². The predicted molar refractivity (Wildman–Crippen MR) is 64.5 cm³/mol. The molecule has 100 valence electrons. The number of aromatic nitrogens is 1. The number of aliphatic carboxylic acids is 1. The zero-order valence-corrected chi connectivity index (χ0v) is 10.4. The van der Waals surface area contributed by atoms with Crippen LogP contribution in [-0.4, -0.2) is 23.2 Å². The maximum absolute atomic E-state index is 13.3. The Morgan fingerprint density at radius 2 is 2.26 bits per heavy atom. The summed E-state index contributed by atoms with van der Waals surface area (Å²) in [5.74, 6) is -0.613. The fourth-order valence-electron chi connectivity index (χ4n) is 1.80. The van der Waals surface area contributed by atoms with Crippen molar-refractivity contribution in [3.05, 3.63) is 35.7 Å². The van der Waals surface area contributed by atoms with Crippen LogP contribution in [0.5, 0.6) is 5.75 Å². The third-order valence-corrected chi connectivity index (χ3v) is 2.53. The van der Waals surface area contributed by atoms with E-state index in [1.807, 2.05) is 0 Å². The number of methoxy groups -OCH3 is 1. The molecule has 0 aliphatic rings. The number of nitrogens with zero attached hydrogens (tertiary/aromatic N) is 1. The van der Waals surface area contributed by atoms with E-state index >= 15 is 0 Å². The molecule has 0 fully saturated rings. The average molecular weight is 265 g/mol. The molecule has 0 spiro atoms. The number of carbonyl (C=O) groups is 1. The van der Waals surface area contributed by atoms with E-state index in [9.17, 15) is 9.18 Å². The number of benzene rings is 1. The van der Waals surface area contributed by atoms with Crippen molar-refractivity contribution >= 4 is 5.97 Å². The highest BCUT2D eigenvalue weighted by Crippen LogP contribution is 2.33. The van der Waals surface area contributed by atoms with E-state index < -0.39 is 11.8 Å². The van der Waals surface area contributed by atoms with Crippen LogP contribution in [0.15, 0.2) is 22.6 Å². The molecule has 6 heteroatoms. The minimum Gasteiger partial charge on any atom is -0.496 e. The van der Waals surface area contributed by atoms with Crippen molar-refractivity contribution in [3.63, 3.8) is 0 Å². The summed E-state index contributed by atoms with van der Waals surface area (Å²) in [5.41, 5.74) is 0.659. The van der Waals surface area contributed by atoms with E-state index in [-0.39, 0.29) is 17.9 Å². The molecule has 0 radical (unpaired) electrons. The van der Waals surface area contributed by atoms with Crippen LogP contribution in [0, 0.1) is 12.7 Å². The van der Waals surface area contributed by atoms with E-state index in [4.69, 9.17) is 14.3 Å². The summed E-state index contributed by atoms with van der Waals surface area (Å²) in [6.07, 6.45) is -0.324. The quantitative estimate of drug-likeness (QED) is 0.919. The molecule has 2 aromatic rings. The fourth-order valence-corrected chi connectivity index (χ4v) is 1.80. The lowest BCUT2D eigenvalue weighted by Crippen LogP contribution is -2.01. The highest BCUT2D eigenvalue weighted by Gasteiger charge is 2.19. The first-order valence-corrected chi connectivity index (χ1v) is 5.53. The minimum atomic E-state index is -1.05. The van der Waals surface area contributed by atoms with E-state index in [0.29, 0.717) is 17.2 Å². The Morgan fingerprint density at radius 3 is 2.89 bits per heavy atom. The van der Waals surface area contributed by atoms with Gasteiger partial charge in [-0.3, -0.25) is 4.79 Å². The summed E-state index contributed by atoms with van der Waals surface area (Å²) in [5, 5.41) is 8.84. The summed E-state index contributed by atoms with van der Waals surface area (Å²) < 4.78 is 23.7. The van der Waals surface area contributed by atoms with Gasteiger partial charge in [0.25, 0.3) is 0 Å². The van der Waals surface area contributed by atoms with E-state index in [1.54, 1.807) is 6.92 Å². The molecule has 1 aromatic carbocycles. The van der Waals surface area contributed by atoms with Gasteiger partial charge in [-0.2, -0.15) is 0 Å². The molecule has 19 heavy (non-hydrogen) atoms. The highest BCUT2D eigenvalue weighted by molar-refractivity contribution is 5.75. The monoisotopic (exact) mass is 265 g/mol. The lowest BCUT2D eigenvalue weighted by Gasteiger charge is -2.06. The first-order valence-electron chi connectivity index (χ1n) is 5.53. The van der Waals surface area contributed by atoms with Crippen molar-refractivity contribution in [2.75, 3.05) is 7.11 Å². The zero-order chi connectivity index (χ0) is 14.0. The van der Waals surface area contributed by atoms with E-state index in [1.165, 1.54) is 25.3 Å². The Bertz CT molecular complexity index is 621. The number of hydrogen-bond acceptors (Lipinski definition) is 4. The summed E-state index contributed by atoms with van der Waals surface area (Å²) in [6.45, 7) is 1.60. The molecule has 0 aliphatic heterocycles. The van der Waals surface area contributed by atoms with Crippen molar-refractivity contribution in [2.24, 2.45) is 0 Å². The molecular formula is C13H12FNO4. The van der Waals surface area contributed by atoms with Gasteiger partial charge in [0.15, 0.2) is 5.89 Å². The molecule has 2 rings (SSSR count). The van der Waals surface area contributed by atoms with Gasteiger partial charge in [0.1, 0.15) is 29.4 Å². The number of carboxylic acid groups (broad SMARTS) is 1. The number of ether oxygens (including phenoxy) is 1. The molecule has 0 aliphatic carbocycles. The fraction of sp³-hybridized carbons (Fsp3) is 0.231. The average Bonchev–Trinajstić information content (AvgIpc) is 2.69. The second-order valence-electron chi connectivity index (χ2n) is 3.92. The third kappa shape index (κ3) is 2.73. The van der Waals surface area contributed by atoms with Gasteiger partial charge >= 0.3 is 5.97 Å². The summed E-state index contributed by atoms with van der Waals surface area (Å²) in [6, 6.07) is 3.95. The second kappa shape index (κ2) is 5.09. The highest BCUT2D eigenvalue weighted by atomic mass is 19.1. The standard InChI is InChI=1S/C13H12FNO4/c1-7-15-13(11(19-7)6-12(16)17)9-5-8(14)3-4-10(9)18-2/h3-5H,6H2,1-2H3,(H,16,17). The molecule has 1 aromatic heterocycles. The molecule has 0 unspecified atom stereocenters. The van der Waals surface area contributed by atoms with Gasteiger partial charge in [-0.15, -0.1) is 0 Å². The first-order chi connectivity index (χ1) is 9.01. The SMILES string of the molecule is COc1ccc(F)cc1-c1nc(C)oc1CC(=O)O. The van der Waals surface area contributed by atoms with Crippen LogP contribution in [0.1, 0.15) is 11.7 Å². The number of rotatable bonds is 4. The molecule has 0 saturated heterocycles. The molecule has 5 nitrogen and oxygen atoms in total.